The van der Waals surface area contributed by atoms with E-state index in [-0.39, 0.29) is 5.75 Å². The molecule has 0 aliphatic carbocycles. The molecule has 1 aliphatic heterocycles. The van der Waals surface area contributed by atoms with Gasteiger partial charge in [0.1, 0.15) is 22.3 Å². The van der Waals surface area contributed by atoms with Crippen molar-refractivity contribution in [1.29, 1.82) is 0 Å². The fourth-order valence-electron chi connectivity index (χ4n) is 3.74. The Kier molecular flexibility index (Phi) is 6.31. The number of phenolic OH excluding ortho intramolecular Hbond substituents is 1. The van der Waals surface area contributed by atoms with Gasteiger partial charge >= 0.3 is 0 Å². The van der Waals surface area contributed by atoms with Gasteiger partial charge in [-0.1, -0.05) is 29.5 Å². The highest BCUT2D eigenvalue weighted by Crippen LogP contribution is 2.32. The number of ether oxygens (including phenoxy) is 1. The Morgan fingerprint density at radius 3 is 2.49 bits per heavy atom. The maximum atomic E-state index is 9.58. The van der Waals surface area contributed by atoms with E-state index in [1.165, 1.54) is 11.3 Å². The minimum Gasteiger partial charge on any atom is -0.508 e. The quantitative estimate of drug-likeness (QED) is 0.261. The number of rotatable bonds is 7. The minimum atomic E-state index is 0.188. The van der Waals surface area contributed by atoms with Gasteiger partial charge in [0.25, 0.3) is 5.89 Å². The van der Waals surface area contributed by atoms with Crippen molar-refractivity contribution in [2.75, 3.05) is 41.8 Å². The first-order valence-electron chi connectivity index (χ1n) is 11.6. The summed E-state index contributed by atoms with van der Waals surface area (Å²) in [5.41, 5.74) is 1.61. The molecule has 186 valence electrons. The number of aromatic hydroxyl groups is 1. The second-order valence-corrected chi connectivity index (χ2v) is 9.17. The molecule has 3 aromatic heterocycles. The molecule has 0 bridgehead atoms. The lowest BCUT2D eigenvalue weighted by atomic mass is 10.2. The van der Waals surface area contributed by atoms with Crippen LogP contribution in [-0.4, -0.2) is 56.6 Å². The van der Waals surface area contributed by atoms with Crippen LogP contribution in [-0.2, 0) is 4.74 Å². The largest absolute Gasteiger partial charge is 0.508 e. The first kappa shape index (κ1) is 22.9. The van der Waals surface area contributed by atoms with Gasteiger partial charge in [-0.3, -0.25) is 0 Å². The zero-order chi connectivity index (χ0) is 25.0. The molecule has 0 amide bonds. The SMILES string of the molecule is Oc1ccc(Nc2nc(Nc3ncc(-c4nnc(-c5ccccc5)o4)s3)cc(N3CCOCC3)n2)cc1. The summed E-state index contributed by atoms with van der Waals surface area (Å²) in [7, 11) is 0. The van der Waals surface area contributed by atoms with Gasteiger partial charge in [-0.05, 0) is 36.4 Å². The summed E-state index contributed by atoms with van der Waals surface area (Å²) in [5.74, 6) is 2.80. The Balaban J connectivity index is 1.25. The molecule has 0 unspecified atom stereocenters. The molecule has 2 aromatic carbocycles. The van der Waals surface area contributed by atoms with Crippen LogP contribution in [0.3, 0.4) is 0 Å². The Morgan fingerprint density at radius 2 is 1.68 bits per heavy atom. The van der Waals surface area contributed by atoms with Crippen molar-refractivity contribution in [1.82, 2.24) is 25.1 Å². The van der Waals surface area contributed by atoms with Crippen LogP contribution in [0.2, 0.25) is 0 Å². The predicted molar refractivity (Wildman–Crippen MR) is 141 cm³/mol. The molecule has 3 N–H and O–H groups in total. The van der Waals surface area contributed by atoms with E-state index in [1.54, 1.807) is 30.5 Å². The molecule has 5 aromatic rings. The van der Waals surface area contributed by atoms with Gasteiger partial charge in [-0.2, -0.15) is 9.97 Å². The molecule has 1 saturated heterocycles. The van der Waals surface area contributed by atoms with Crippen LogP contribution in [0.15, 0.2) is 71.3 Å². The van der Waals surface area contributed by atoms with Crippen molar-refractivity contribution < 1.29 is 14.3 Å². The van der Waals surface area contributed by atoms with Crippen molar-refractivity contribution in [2.24, 2.45) is 0 Å². The second-order valence-electron chi connectivity index (χ2n) is 8.14. The number of nitrogens with zero attached hydrogens (tertiary/aromatic N) is 6. The van der Waals surface area contributed by atoms with E-state index in [9.17, 15) is 5.11 Å². The lowest BCUT2D eigenvalue weighted by Gasteiger charge is -2.28. The van der Waals surface area contributed by atoms with E-state index in [2.05, 4.69) is 35.7 Å². The highest BCUT2D eigenvalue weighted by molar-refractivity contribution is 7.18. The van der Waals surface area contributed by atoms with Crippen LogP contribution in [0.25, 0.3) is 22.2 Å². The van der Waals surface area contributed by atoms with Crippen LogP contribution < -0.4 is 15.5 Å². The summed E-state index contributed by atoms with van der Waals surface area (Å²) in [5, 5.41) is 25.0. The fraction of sp³-hybridized carbons (Fsp3) is 0.160. The Bertz CT molecular complexity index is 1480. The summed E-state index contributed by atoms with van der Waals surface area (Å²) in [6, 6.07) is 18.2. The average molecular weight is 515 g/mol. The van der Waals surface area contributed by atoms with Crippen LogP contribution in [0.4, 0.5) is 28.4 Å². The Morgan fingerprint density at radius 1 is 0.892 bits per heavy atom. The maximum absolute atomic E-state index is 9.58. The van der Waals surface area contributed by atoms with Gasteiger partial charge in [0.2, 0.25) is 11.8 Å². The Hall–Kier alpha value is -4.55. The molecule has 37 heavy (non-hydrogen) atoms. The van der Waals surface area contributed by atoms with E-state index < -0.39 is 0 Å². The number of benzene rings is 2. The normalized spacial score (nSPS) is 13.5. The summed E-state index contributed by atoms with van der Waals surface area (Å²) in [4.78, 5) is 16.7. The third kappa shape index (κ3) is 5.34. The smallest absolute Gasteiger partial charge is 0.259 e. The predicted octanol–water partition coefficient (Wildman–Crippen LogP) is 4.68. The molecule has 0 saturated carbocycles. The fourth-order valence-corrected chi connectivity index (χ4v) is 4.49. The zero-order valence-corrected chi connectivity index (χ0v) is 20.4. The number of nitrogens with one attached hydrogen (secondary N) is 2. The summed E-state index contributed by atoms with van der Waals surface area (Å²) < 4.78 is 11.4. The number of anilines is 5. The van der Waals surface area contributed by atoms with E-state index >= 15 is 0 Å². The summed E-state index contributed by atoms with van der Waals surface area (Å²) >= 11 is 1.38. The van der Waals surface area contributed by atoms with Gasteiger partial charge < -0.3 is 29.8 Å². The number of aromatic nitrogens is 5. The first-order chi connectivity index (χ1) is 18.2. The first-order valence-corrected chi connectivity index (χ1v) is 12.4. The Labute approximate surface area is 215 Å². The second kappa shape index (κ2) is 10.2. The molecule has 0 spiro atoms. The van der Waals surface area contributed by atoms with E-state index in [1.807, 2.05) is 36.4 Å². The van der Waals surface area contributed by atoms with Gasteiger partial charge in [0.05, 0.1) is 19.4 Å². The number of morpholine rings is 1. The number of hydrogen-bond acceptors (Lipinski definition) is 12. The highest BCUT2D eigenvalue weighted by atomic mass is 32.1. The standard InChI is InChI=1S/C25H22N8O3S/c34-18-8-6-17(7-9-18)27-24-28-20(14-21(30-24)33-10-12-35-13-11-33)29-25-26-15-19(37-25)23-32-31-22(36-23)16-4-2-1-3-5-16/h1-9,14-15,34H,10-13H2,(H2,26,27,28,29,30). The maximum Gasteiger partial charge on any atom is 0.259 e. The van der Waals surface area contributed by atoms with E-state index in [4.69, 9.17) is 14.1 Å². The minimum absolute atomic E-state index is 0.188. The average Bonchev–Trinajstić information content (AvgIpc) is 3.61. The van der Waals surface area contributed by atoms with Crippen LogP contribution in [0, 0.1) is 0 Å². The molecule has 4 heterocycles. The number of phenols is 1. The molecular weight excluding hydrogens is 492 g/mol. The number of hydrogen-bond donors (Lipinski definition) is 3. The van der Waals surface area contributed by atoms with Crippen molar-refractivity contribution >= 4 is 39.7 Å². The number of thiazole rings is 1. The molecule has 11 nitrogen and oxygen atoms in total. The van der Waals surface area contributed by atoms with Crippen molar-refractivity contribution in [3.63, 3.8) is 0 Å². The van der Waals surface area contributed by atoms with Crippen LogP contribution >= 0.6 is 11.3 Å². The monoisotopic (exact) mass is 514 g/mol. The zero-order valence-electron chi connectivity index (χ0n) is 19.5. The topological polar surface area (TPSA) is 134 Å². The molecule has 12 heteroatoms. The highest BCUT2D eigenvalue weighted by Gasteiger charge is 2.17. The summed E-state index contributed by atoms with van der Waals surface area (Å²) in [6.45, 7) is 2.74. The molecule has 1 fully saturated rings. The van der Waals surface area contributed by atoms with Gasteiger partial charge in [0.15, 0.2) is 5.13 Å². The summed E-state index contributed by atoms with van der Waals surface area (Å²) in [6.07, 6.45) is 1.69. The molecular formula is C25H22N8O3S. The van der Waals surface area contributed by atoms with Gasteiger partial charge in [-0.15, -0.1) is 10.2 Å². The van der Waals surface area contributed by atoms with Crippen molar-refractivity contribution in [3.8, 4) is 28.0 Å². The van der Waals surface area contributed by atoms with Crippen molar-refractivity contribution in [2.45, 2.75) is 0 Å². The lowest BCUT2D eigenvalue weighted by Crippen LogP contribution is -2.36. The molecule has 0 radical (unpaired) electrons. The molecule has 0 atom stereocenters. The van der Waals surface area contributed by atoms with Gasteiger partial charge in [-0.25, -0.2) is 4.98 Å². The third-order valence-corrected chi connectivity index (χ3v) is 6.47. The van der Waals surface area contributed by atoms with E-state index in [0.717, 1.165) is 35.0 Å². The van der Waals surface area contributed by atoms with Crippen molar-refractivity contribution in [3.05, 3.63) is 66.9 Å². The third-order valence-electron chi connectivity index (χ3n) is 5.57. The molecule has 1 aliphatic rings. The molecule has 6 rings (SSSR count). The van der Waals surface area contributed by atoms with Gasteiger partial charge in [0, 0.05) is 30.4 Å². The van der Waals surface area contributed by atoms with Crippen LogP contribution in [0.5, 0.6) is 5.75 Å². The van der Waals surface area contributed by atoms with E-state index in [0.29, 0.717) is 41.9 Å². The lowest BCUT2D eigenvalue weighted by molar-refractivity contribution is 0.122. The van der Waals surface area contributed by atoms with Crippen LogP contribution in [0.1, 0.15) is 0 Å².